The molecular formula is C20H41N7. The molecule has 156 valence electrons. The molecule has 1 aromatic heterocycles. The first-order valence-corrected chi connectivity index (χ1v) is 10.6. The first-order chi connectivity index (χ1) is 13.0. The zero-order valence-corrected chi connectivity index (χ0v) is 18.3. The third-order valence-electron chi connectivity index (χ3n) is 4.66. The van der Waals surface area contributed by atoms with Crippen molar-refractivity contribution in [3.63, 3.8) is 0 Å². The van der Waals surface area contributed by atoms with Gasteiger partial charge in [-0.05, 0) is 45.3 Å². The van der Waals surface area contributed by atoms with Crippen molar-refractivity contribution in [2.75, 3.05) is 32.7 Å². The molecule has 7 nitrogen and oxygen atoms in total. The number of hydrogen-bond acceptors (Lipinski definition) is 4. The maximum Gasteiger partial charge on any atom is 0.191 e. The molecule has 0 fully saturated rings. The molecule has 0 aromatic carbocycles. The first kappa shape index (κ1) is 23.4. The molecular weight excluding hydrogens is 338 g/mol. The minimum Gasteiger partial charge on any atom is -0.355 e. The van der Waals surface area contributed by atoms with Crippen molar-refractivity contribution in [3.8, 4) is 0 Å². The normalized spacial score (nSPS) is 13.4. The van der Waals surface area contributed by atoms with Crippen LogP contribution in [0.2, 0.25) is 0 Å². The summed E-state index contributed by atoms with van der Waals surface area (Å²) in [7, 11) is 0. The van der Waals surface area contributed by atoms with Crippen LogP contribution in [0.25, 0.3) is 0 Å². The third-order valence-corrected chi connectivity index (χ3v) is 4.66. The molecule has 0 aliphatic carbocycles. The van der Waals surface area contributed by atoms with Gasteiger partial charge in [-0.2, -0.15) is 0 Å². The minimum absolute atomic E-state index is 0.403. The zero-order chi connectivity index (χ0) is 20.1. The zero-order valence-electron chi connectivity index (χ0n) is 18.3. The molecule has 0 saturated heterocycles. The molecule has 0 spiro atoms. The number of guanidine groups is 1. The standard InChI is InChI=1S/C20H41N7/c1-7-19-25-23-16-27(19)14-12-21-20(22-15-17(4)5)24-18(6)11-10-13-26(8-2)9-3/h16-18H,7-15H2,1-6H3,(H2,21,22,24). The SMILES string of the molecule is CCc1nncn1CCNC(=NCC(C)C)NC(C)CCCN(CC)CC. The van der Waals surface area contributed by atoms with E-state index in [1.54, 1.807) is 6.33 Å². The molecule has 1 atom stereocenters. The van der Waals surface area contributed by atoms with Crippen LogP contribution < -0.4 is 10.6 Å². The van der Waals surface area contributed by atoms with E-state index in [2.05, 4.69) is 71.8 Å². The van der Waals surface area contributed by atoms with Gasteiger partial charge in [-0.25, -0.2) is 0 Å². The van der Waals surface area contributed by atoms with Crippen LogP contribution in [0.3, 0.4) is 0 Å². The molecule has 0 saturated carbocycles. The number of aliphatic imine (C=N–C) groups is 1. The van der Waals surface area contributed by atoms with Gasteiger partial charge in [0.15, 0.2) is 5.96 Å². The van der Waals surface area contributed by atoms with Crippen molar-refractivity contribution in [3.05, 3.63) is 12.2 Å². The molecule has 0 amide bonds. The molecule has 1 rings (SSSR count). The fourth-order valence-corrected chi connectivity index (χ4v) is 2.93. The van der Waals surface area contributed by atoms with E-state index < -0.39 is 0 Å². The Hall–Kier alpha value is -1.63. The molecule has 27 heavy (non-hydrogen) atoms. The van der Waals surface area contributed by atoms with E-state index in [0.29, 0.717) is 12.0 Å². The highest BCUT2D eigenvalue weighted by Crippen LogP contribution is 2.00. The second-order valence-electron chi connectivity index (χ2n) is 7.52. The summed E-state index contributed by atoms with van der Waals surface area (Å²) < 4.78 is 2.10. The summed E-state index contributed by atoms with van der Waals surface area (Å²) in [4.78, 5) is 7.22. The van der Waals surface area contributed by atoms with Gasteiger partial charge in [0.25, 0.3) is 0 Å². The monoisotopic (exact) mass is 379 g/mol. The molecule has 0 bridgehead atoms. The van der Waals surface area contributed by atoms with Crippen LogP contribution in [0.1, 0.15) is 60.2 Å². The predicted molar refractivity (Wildman–Crippen MR) is 114 cm³/mol. The first-order valence-electron chi connectivity index (χ1n) is 10.6. The average Bonchev–Trinajstić information content (AvgIpc) is 3.10. The lowest BCUT2D eigenvalue weighted by atomic mass is 10.2. The highest BCUT2D eigenvalue weighted by atomic mass is 15.3. The number of rotatable bonds is 13. The van der Waals surface area contributed by atoms with Gasteiger partial charge in [-0.15, -0.1) is 10.2 Å². The third kappa shape index (κ3) is 9.75. The molecule has 7 heteroatoms. The molecule has 1 unspecified atom stereocenters. The van der Waals surface area contributed by atoms with E-state index in [4.69, 9.17) is 4.99 Å². The molecule has 0 radical (unpaired) electrons. The lowest BCUT2D eigenvalue weighted by Gasteiger charge is -2.21. The number of aromatic nitrogens is 3. The van der Waals surface area contributed by atoms with E-state index in [1.807, 2.05) is 0 Å². The van der Waals surface area contributed by atoms with Crippen LogP contribution >= 0.6 is 0 Å². The number of aryl methyl sites for hydroxylation is 1. The van der Waals surface area contributed by atoms with E-state index in [-0.39, 0.29) is 0 Å². The topological polar surface area (TPSA) is 70.4 Å². The van der Waals surface area contributed by atoms with Gasteiger partial charge in [-0.3, -0.25) is 4.99 Å². The van der Waals surface area contributed by atoms with Crippen molar-refractivity contribution in [2.24, 2.45) is 10.9 Å². The fourth-order valence-electron chi connectivity index (χ4n) is 2.93. The van der Waals surface area contributed by atoms with E-state index in [9.17, 15) is 0 Å². The van der Waals surface area contributed by atoms with E-state index >= 15 is 0 Å². The van der Waals surface area contributed by atoms with Crippen LogP contribution in [0.5, 0.6) is 0 Å². The highest BCUT2D eigenvalue weighted by Gasteiger charge is 2.08. The fraction of sp³-hybridized carbons (Fsp3) is 0.850. The smallest absolute Gasteiger partial charge is 0.191 e. The van der Waals surface area contributed by atoms with Gasteiger partial charge in [-0.1, -0.05) is 34.6 Å². The maximum absolute atomic E-state index is 4.74. The Kier molecular flexibility index (Phi) is 11.7. The minimum atomic E-state index is 0.403. The van der Waals surface area contributed by atoms with Crippen LogP contribution in [0.15, 0.2) is 11.3 Å². The van der Waals surface area contributed by atoms with Crippen molar-refractivity contribution in [1.82, 2.24) is 30.3 Å². The van der Waals surface area contributed by atoms with Crippen LogP contribution in [-0.2, 0) is 13.0 Å². The lowest BCUT2D eigenvalue weighted by Crippen LogP contribution is -2.44. The number of hydrogen-bond donors (Lipinski definition) is 2. The summed E-state index contributed by atoms with van der Waals surface area (Å²) in [6, 6.07) is 0.403. The highest BCUT2D eigenvalue weighted by molar-refractivity contribution is 5.80. The summed E-state index contributed by atoms with van der Waals surface area (Å²) in [5.74, 6) is 2.48. The van der Waals surface area contributed by atoms with Crippen molar-refractivity contribution < 1.29 is 0 Å². The molecule has 0 aliphatic heterocycles. The second-order valence-corrected chi connectivity index (χ2v) is 7.52. The van der Waals surface area contributed by atoms with Gasteiger partial charge in [0, 0.05) is 32.1 Å². The number of nitrogens with zero attached hydrogens (tertiary/aromatic N) is 5. The summed E-state index contributed by atoms with van der Waals surface area (Å²) in [6.07, 6.45) is 5.04. The second kappa shape index (κ2) is 13.5. The average molecular weight is 380 g/mol. The summed E-state index contributed by atoms with van der Waals surface area (Å²) in [5, 5.41) is 15.2. The van der Waals surface area contributed by atoms with Crippen LogP contribution in [0, 0.1) is 5.92 Å². The summed E-state index contributed by atoms with van der Waals surface area (Å²) >= 11 is 0. The predicted octanol–water partition coefficient (Wildman–Crippen LogP) is 2.54. The maximum atomic E-state index is 4.74. The van der Waals surface area contributed by atoms with Crippen molar-refractivity contribution in [2.45, 2.75) is 73.4 Å². The summed E-state index contributed by atoms with van der Waals surface area (Å²) in [6.45, 7) is 19.1. The molecule has 1 aromatic rings. The van der Waals surface area contributed by atoms with Crippen molar-refractivity contribution in [1.29, 1.82) is 0 Å². The van der Waals surface area contributed by atoms with Gasteiger partial charge < -0.3 is 20.1 Å². The largest absolute Gasteiger partial charge is 0.355 e. The summed E-state index contributed by atoms with van der Waals surface area (Å²) in [5.41, 5.74) is 0. The van der Waals surface area contributed by atoms with Gasteiger partial charge in [0.1, 0.15) is 12.2 Å². The van der Waals surface area contributed by atoms with Crippen LogP contribution in [-0.4, -0.2) is 64.4 Å². The van der Waals surface area contributed by atoms with Gasteiger partial charge in [0.05, 0.1) is 0 Å². The van der Waals surface area contributed by atoms with Crippen LogP contribution in [0.4, 0.5) is 0 Å². The Labute approximate surface area is 166 Å². The Morgan fingerprint density at radius 1 is 1.22 bits per heavy atom. The van der Waals surface area contributed by atoms with E-state index in [0.717, 1.165) is 57.3 Å². The molecule has 1 heterocycles. The Morgan fingerprint density at radius 2 is 1.96 bits per heavy atom. The number of nitrogens with one attached hydrogen (secondary N) is 2. The molecule has 2 N–H and O–H groups in total. The van der Waals surface area contributed by atoms with Gasteiger partial charge >= 0.3 is 0 Å². The van der Waals surface area contributed by atoms with E-state index in [1.165, 1.54) is 13.0 Å². The van der Waals surface area contributed by atoms with Gasteiger partial charge in [0.2, 0.25) is 0 Å². The van der Waals surface area contributed by atoms with Crippen molar-refractivity contribution >= 4 is 5.96 Å². The Bertz CT molecular complexity index is 520. The molecule has 0 aliphatic rings. The quantitative estimate of drug-likeness (QED) is 0.407. The Balaban J connectivity index is 2.47. The Morgan fingerprint density at radius 3 is 2.59 bits per heavy atom. The lowest BCUT2D eigenvalue weighted by molar-refractivity contribution is 0.292.